The number of pyridine rings is 1. The van der Waals surface area contributed by atoms with Crippen LogP contribution in [0.25, 0.3) is 0 Å². The van der Waals surface area contributed by atoms with Crippen molar-refractivity contribution in [3.63, 3.8) is 0 Å². The van der Waals surface area contributed by atoms with E-state index in [1.54, 1.807) is 46.5 Å². The maximum atomic E-state index is 13.0. The predicted octanol–water partition coefficient (Wildman–Crippen LogP) is 1.80. The van der Waals surface area contributed by atoms with E-state index in [2.05, 4.69) is 4.98 Å². The molecule has 0 spiro atoms. The highest BCUT2D eigenvalue weighted by molar-refractivity contribution is 7.91. The third kappa shape index (κ3) is 5.22. The fourth-order valence-corrected chi connectivity index (χ4v) is 5.75. The van der Waals surface area contributed by atoms with Gasteiger partial charge in [0.25, 0.3) is 5.91 Å². The van der Waals surface area contributed by atoms with E-state index in [-0.39, 0.29) is 42.5 Å². The molecule has 8 nitrogen and oxygen atoms in total. The zero-order chi connectivity index (χ0) is 21.8. The Morgan fingerprint density at radius 3 is 2.81 bits per heavy atom. The van der Waals surface area contributed by atoms with Crippen molar-refractivity contribution in [2.24, 2.45) is 0 Å². The summed E-state index contributed by atoms with van der Waals surface area (Å²) >= 11 is 0. The van der Waals surface area contributed by atoms with Gasteiger partial charge in [-0.3, -0.25) is 14.6 Å². The first-order valence-electron chi connectivity index (χ1n) is 10.3. The molecule has 0 radical (unpaired) electrons. The van der Waals surface area contributed by atoms with Gasteiger partial charge in [-0.2, -0.15) is 0 Å². The molecule has 0 N–H and O–H groups in total. The van der Waals surface area contributed by atoms with Crippen molar-refractivity contribution < 1.29 is 22.7 Å². The van der Waals surface area contributed by atoms with Crippen molar-refractivity contribution in [1.29, 1.82) is 0 Å². The van der Waals surface area contributed by atoms with Crippen molar-refractivity contribution >= 4 is 27.3 Å². The molecule has 2 aliphatic heterocycles. The Morgan fingerprint density at radius 2 is 2.13 bits per heavy atom. The van der Waals surface area contributed by atoms with Crippen LogP contribution in [0, 0.1) is 0 Å². The van der Waals surface area contributed by atoms with Gasteiger partial charge < -0.3 is 14.5 Å². The number of aromatic nitrogens is 1. The van der Waals surface area contributed by atoms with Gasteiger partial charge >= 0.3 is 0 Å². The SMILES string of the molecule is O=C1CCCN1c1cccc(OCC(=O)N(Cc2cccnc2)C2CCS(=O)(=O)C2)c1. The third-order valence-corrected chi connectivity index (χ3v) is 7.36. The van der Waals surface area contributed by atoms with E-state index >= 15 is 0 Å². The highest BCUT2D eigenvalue weighted by Gasteiger charge is 2.35. The first-order valence-corrected chi connectivity index (χ1v) is 12.2. The zero-order valence-corrected chi connectivity index (χ0v) is 18.0. The first kappa shape index (κ1) is 21.3. The van der Waals surface area contributed by atoms with Crippen LogP contribution in [-0.4, -0.2) is 60.8 Å². The Labute approximate surface area is 181 Å². The fourth-order valence-electron chi connectivity index (χ4n) is 4.02. The van der Waals surface area contributed by atoms with Crippen LogP contribution in [0.5, 0.6) is 5.75 Å². The lowest BCUT2D eigenvalue weighted by Gasteiger charge is -2.28. The number of hydrogen-bond acceptors (Lipinski definition) is 6. The van der Waals surface area contributed by atoms with Gasteiger partial charge in [0.1, 0.15) is 5.75 Å². The van der Waals surface area contributed by atoms with Crippen LogP contribution in [0.1, 0.15) is 24.8 Å². The topological polar surface area (TPSA) is 96.9 Å². The van der Waals surface area contributed by atoms with Gasteiger partial charge in [-0.1, -0.05) is 12.1 Å². The van der Waals surface area contributed by atoms with Crippen molar-refractivity contribution in [2.45, 2.75) is 31.8 Å². The second-order valence-corrected chi connectivity index (χ2v) is 10.1. The molecule has 4 rings (SSSR count). The van der Waals surface area contributed by atoms with Gasteiger partial charge in [0.2, 0.25) is 5.91 Å². The molecule has 164 valence electrons. The normalized spacial score (nSPS) is 20.1. The van der Waals surface area contributed by atoms with E-state index < -0.39 is 9.84 Å². The van der Waals surface area contributed by atoms with E-state index in [0.29, 0.717) is 25.1 Å². The molecule has 3 heterocycles. The Balaban J connectivity index is 1.45. The van der Waals surface area contributed by atoms with Gasteiger partial charge in [0, 0.05) is 49.7 Å². The molecule has 0 bridgehead atoms. The molecule has 1 aromatic carbocycles. The minimum absolute atomic E-state index is 0.0362. The minimum Gasteiger partial charge on any atom is -0.484 e. The molecule has 1 unspecified atom stereocenters. The fraction of sp³-hybridized carbons (Fsp3) is 0.409. The molecule has 9 heteroatoms. The summed E-state index contributed by atoms with van der Waals surface area (Å²) in [6.07, 6.45) is 5.10. The van der Waals surface area contributed by atoms with Gasteiger partial charge in [0.15, 0.2) is 16.4 Å². The monoisotopic (exact) mass is 443 g/mol. The van der Waals surface area contributed by atoms with Gasteiger partial charge in [0.05, 0.1) is 11.5 Å². The quantitative estimate of drug-likeness (QED) is 0.647. The molecule has 31 heavy (non-hydrogen) atoms. The summed E-state index contributed by atoms with van der Waals surface area (Å²) in [6.45, 7) is 0.739. The van der Waals surface area contributed by atoms with Gasteiger partial charge in [-0.15, -0.1) is 0 Å². The molecule has 0 saturated carbocycles. The molecule has 2 aromatic rings. The van der Waals surface area contributed by atoms with Crippen molar-refractivity contribution in [1.82, 2.24) is 9.88 Å². The van der Waals surface area contributed by atoms with Crippen LogP contribution in [-0.2, 0) is 26.0 Å². The summed E-state index contributed by atoms with van der Waals surface area (Å²) in [5.74, 6) is 0.338. The van der Waals surface area contributed by atoms with Gasteiger partial charge in [-0.05, 0) is 36.6 Å². The number of nitrogens with zero attached hydrogens (tertiary/aromatic N) is 3. The Kier molecular flexibility index (Phi) is 6.22. The maximum Gasteiger partial charge on any atom is 0.261 e. The minimum atomic E-state index is -3.14. The number of amides is 2. The van der Waals surface area contributed by atoms with Crippen molar-refractivity contribution in [3.05, 3.63) is 54.4 Å². The summed E-state index contributed by atoms with van der Waals surface area (Å²) in [5, 5.41) is 0. The Morgan fingerprint density at radius 1 is 1.26 bits per heavy atom. The molecule has 0 aliphatic carbocycles. The number of carbonyl (C=O) groups excluding carboxylic acids is 2. The number of anilines is 1. The third-order valence-electron chi connectivity index (χ3n) is 5.61. The number of benzene rings is 1. The van der Waals surface area contributed by atoms with Crippen LogP contribution >= 0.6 is 0 Å². The second kappa shape index (κ2) is 9.05. The van der Waals surface area contributed by atoms with Crippen molar-refractivity contribution in [3.8, 4) is 5.75 Å². The number of carbonyl (C=O) groups is 2. The van der Waals surface area contributed by atoms with E-state index in [1.165, 1.54) is 0 Å². The second-order valence-electron chi connectivity index (χ2n) is 7.87. The lowest BCUT2D eigenvalue weighted by molar-refractivity contribution is -0.136. The van der Waals surface area contributed by atoms with Crippen LogP contribution in [0.4, 0.5) is 5.69 Å². The standard InChI is InChI=1S/C22H25N3O5S/c26-21-7-3-10-24(21)18-5-1-6-20(12-18)30-15-22(27)25(14-17-4-2-9-23-13-17)19-8-11-31(28,29)16-19/h1-2,4-6,9,12-13,19H,3,7-8,10-11,14-16H2. The van der Waals surface area contributed by atoms with Crippen LogP contribution < -0.4 is 9.64 Å². The molecular formula is C22H25N3O5S. The summed E-state index contributed by atoms with van der Waals surface area (Å²) in [4.78, 5) is 32.4. The molecule has 1 aromatic heterocycles. The average molecular weight is 444 g/mol. The number of ether oxygens (including phenoxy) is 1. The smallest absolute Gasteiger partial charge is 0.261 e. The summed E-state index contributed by atoms with van der Waals surface area (Å²) in [5.41, 5.74) is 1.58. The van der Waals surface area contributed by atoms with E-state index in [0.717, 1.165) is 17.7 Å². The van der Waals surface area contributed by atoms with Crippen LogP contribution in [0.2, 0.25) is 0 Å². The van der Waals surface area contributed by atoms with Crippen LogP contribution in [0.15, 0.2) is 48.8 Å². The highest BCUT2D eigenvalue weighted by atomic mass is 32.2. The van der Waals surface area contributed by atoms with Crippen molar-refractivity contribution in [2.75, 3.05) is 29.6 Å². The number of rotatable bonds is 7. The summed E-state index contributed by atoms with van der Waals surface area (Å²) < 4.78 is 29.7. The highest BCUT2D eigenvalue weighted by Crippen LogP contribution is 2.26. The molecule has 1 atom stereocenters. The molecular weight excluding hydrogens is 418 g/mol. The zero-order valence-electron chi connectivity index (χ0n) is 17.1. The van der Waals surface area contributed by atoms with E-state index in [1.807, 2.05) is 12.1 Å². The molecule has 2 amide bonds. The first-order chi connectivity index (χ1) is 14.9. The number of sulfone groups is 1. The van der Waals surface area contributed by atoms with E-state index in [9.17, 15) is 18.0 Å². The Bertz CT molecular complexity index is 1060. The lowest BCUT2D eigenvalue weighted by atomic mass is 10.2. The molecule has 2 aliphatic rings. The van der Waals surface area contributed by atoms with Crippen LogP contribution in [0.3, 0.4) is 0 Å². The predicted molar refractivity (Wildman–Crippen MR) is 115 cm³/mol. The molecule has 2 saturated heterocycles. The van der Waals surface area contributed by atoms with E-state index in [4.69, 9.17) is 4.74 Å². The summed E-state index contributed by atoms with van der Waals surface area (Å²) in [6, 6.07) is 10.4. The number of hydrogen-bond donors (Lipinski definition) is 0. The Hall–Kier alpha value is -2.94. The maximum absolute atomic E-state index is 13.0. The summed E-state index contributed by atoms with van der Waals surface area (Å²) in [7, 11) is -3.14. The average Bonchev–Trinajstić information content (AvgIpc) is 3.36. The van der Waals surface area contributed by atoms with Gasteiger partial charge in [-0.25, -0.2) is 8.42 Å². The lowest BCUT2D eigenvalue weighted by Crippen LogP contribution is -2.43. The largest absolute Gasteiger partial charge is 0.484 e. The molecule has 2 fully saturated rings.